The van der Waals surface area contributed by atoms with Gasteiger partial charge in [-0.05, 0) is 38.8 Å². The molecule has 0 amide bonds. The van der Waals surface area contributed by atoms with Crippen LogP contribution in [-0.4, -0.2) is 35.2 Å². The first-order valence-corrected chi connectivity index (χ1v) is 6.75. The molecule has 0 aliphatic carbocycles. The molecule has 0 saturated carbocycles. The third-order valence-electron chi connectivity index (χ3n) is 3.80. The molecule has 18 heavy (non-hydrogen) atoms. The van der Waals surface area contributed by atoms with Gasteiger partial charge in [0.1, 0.15) is 0 Å². The van der Waals surface area contributed by atoms with Crippen LogP contribution in [0.4, 0.5) is 0 Å². The van der Waals surface area contributed by atoms with Gasteiger partial charge in [-0.3, -0.25) is 4.90 Å². The second-order valence-corrected chi connectivity index (χ2v) is 5.74. The smallest absolute Gasteiger partial charge is 0.0746 e. The maximum Gasteiger partial charge on any atom is 0.0746 e. The highest BCUT2D eigenvalue weighted by atomic mass is 16.3. The van der Waals surface area contributed by atoms with Crippen LogP contribution in [-0.2, 0) is 0 Å². The summed E-state index contributed by atoms with van der Waals surface area (Å²) >= 11 is 0. The van der Waals surface area contributed by atoms with Gasteiger partial charge >= 0.3 is 0 Å². The number of nitrogens with zero attached hydrogens (tertiary/aromatic N) is 1. The van der Waals surface area contributed by atoms with Crippen LogP contribution < -0.4 is 5.73 Å². The van der Waals surface area contributed by atoms with E-state index in [1.165, 1.54) is 11.1 Å². The maximum absolute atomic E-state index is 10.2. The molecule has 1 aromatic carbocycles. The van der Waals surface area contributed by atoms with E-state index >= 15 is 0 Å². The predicted octanol–water partition coefficient (Wildman–Crippen LogP) is 1.84. The lowest BCUT2D eigenvalue weighted by molar-refractivity contribution is -0.0292. The molecule has 3 nitrogen and oxygen atoms in total. The Kier molecular flexibility index (Phi) is 4.05. The molecule has 2 unspecified atom stereocenters. The first-order chi connectivity index (χ1) is 8.52. The molecular weight excluding hydrogens is 224 g/mol. The lowest BCUT2D eigenvalue weighted by Gasteiger charge is -2.41. The highest BCUT2D eigenvalue weighted by molar-refractivity contribution is 5.25. The van der Waals surface area contributed by atoms with E-state index in [-0.39, 0.29) is 6.04 Å². The number of likely N-dealkylation sites (tertiary alicyclic amines) is 1. The fourth-order valence-electron chi connectivity index (χ4n) is 2.90. The van der Waals surface area contributed by atoms with Crippen LogP contribution in [0.5, 0.6) is 0 Å². The summed E-state index contributed by atoms with van der Waals surface area (Å²) in [6.07, 6.45) is 1.92. The van der Waals surface area contributed by atoms with Gasteiger partial charge < -0.3 is 10.8 Å². The van der Waals surface area contributed by atoms with Crippen molar-refractivity contribution in [3.63, 3.8) is 0 Å². The number of rotatable bonds is 3. The van der Waals surface area contributed by atoms with E-state index in [2.05, 4.69) is 36.1 Å². The quantitative estimate of drug-likeness (QED) is 0.858. The largest absolute Gasteiger partial charge is 0.389 e. The number of hydrogen-bond acceptors (Lipinski definition) is 3. The van der Waals surface area contributed by atoms with Crippen molar-refractivity contribution < 1.29 is 5.11 Å². The minimum atomic E-state index is -0.574. The lowest BCUT2D eigenvalue weighted by atomic mass is 9.92. The minimum absolute atomic E-state index is 0.219. The summed E-state index contributed by atoms with van der Waals surface area (Å²) in [6.45, 7) is 6.35. The van der Waals surface area contributed by atoms with Crippen molar-refractivity contribution in [1.82, 2.24) is 4.90 Å². The summed E-state index contributed by atoms with van der Waals surface area (Å²) in [6, 6.07) is 8.73. The molecule has 2 rings (SSSR count). The first-order valence-electron chi connectivity index (χ1n) is 6.75. The van der Waals surface area contributed by atoms with Gasteiger partial charge in [0.05, 0.1) is 5.60 Å². The van der Waals surface area contributed by atoms with E-state index in [0.29, 0.717) is 13.1 Å². The van der Waals surface area contributed by atoms with Gasteiger partial charge in [0.25, 0.3) is 0 Å². The Morgan fingerprint density at radius 1 is 1.50 bits per heavy atom. The molecule has 1 aliphatic heterocycles. The predicted molar refractivity (Wildman–Crippen MR) is 74.4 cm³/mol. The van der Waals surface area contributed by atoms with Crippen LogP contribution in [0.25, 0.3) is 0 Å². The topological polar surface area (TPSA) is 49.5 Å². The average Bonchev–Trinajstić information content (AvgIpc) is 2.29. The van der Waals surface area contributed by atoms with Crippen molar-refractivity contribution in [2.45, 2.75) is 38.3 Å². The Hall–Kier alpha value is -0.900. The number of aryl methyl sites for hydroxylation is 1. The summed E-state index contributed by atoms with van der Waals surface area (Å²) in [5.41, 5.74) is 7.90. The first kappa shape index (κ1) is 13.5. The molecule has 1 fully saturated rings. The zero-order valence-corrected chi connectivity index (χ0v) is 11.4. The van der Waals surface area contributed by atoms with Gasteiger partial charge in [-0.2, -0.15) is 0 Å². The van der Waals surface area contributed by atoms with Crippen LogP contribution >= 0.6 is 0 Å². The normalized spacial score (nSPS) is 27.1. The van der Waals surface area contributed by atoms with Gasteiger partial charge in [0.2, 0.25) is 0 Å². The highest BCUT2D eigenvalue weighted by Gasteiger charge is 2.32. The Morgan fingerprint density at radius 3 is 2.89 bits per heavy atom. The standard InChI is InChI=1S/C15H24N2O/c1-12-5-3-6-13(9-12)14(10-16)17-8-4-7-15(2,18)11-17/h3,5-6,9,14,18H,4,7-8,10-11,16H2,1-2H3. The molecule has 0 bridgehead atoms. The van der Waals surface area contributed by atoms with E-state index in [1.807, 2.05) is 6.92 Å². The van der Waals surface area contributed by atoms with E-state index in [9.17, 15) is 5.11 Å². The van der Waals surface area contributed by atoms with E-state index in [1.54, 1.807) is 0 Å². The van der Waals surface area contributed by atoms with Gasteiger partial charge in [-0.25, -0.2) is 0 Å². The van der Waals surface area contributed by atoms with Gasteiger partial charge in [0.15, 0.2) is 0 Å². The highest BCUT2D eigenvalue weighted by Crippen LogP contribution is 2.28. The number of aliphatic hydroxyl groups is 1. The maximum atomic E-state index is 10.2. The molecule has 1 heterocycles. The van der Waals surface area contributed by atoms with Crippen LogP contribution in [0.3, 0.4) is 0 Å². The van der Waals surface area contributed by atoms with Crippen LogP contribution in [0.2, 0.25) is 0 Å². The van der Waals surface area contributed by atoms with E-state index in [0.717, 1.165) is 19.4 Å². The van der Waals surface area contributed by atoms with Crippen LogP contribution in [0.15, 0.2) is 24.3 Å². The van der Waals surface area contributed by atoms with Crippen molar-refractivity contribution in [3.8, 4) is 0 Å². The molecule has 3 N–H and O–H groups in total. The fraction of sp³-hybridized carbons (Fsp3) is 0.600. The second-order valence-electron chi connectivity index (χ2n) is 5.74. The number of piperidine rings is 1. The molecule has 1 aliphatic rings. The third kappa shape index (κ3) is 3.10. The molecule has 0 radical (unpaired) electrons. The zero-order chi connectivity index (χ0) is 13.2. The Balaban J connectivity index is 2.18. The fourth-order valence-corrected chi connectivity index (χ4v) is 2.90. The van der Waals surface area contributed by atoms with Crippen molar-refractivity contribution in [1.29, 1.82) is 0 Å². The molecule has 0 spiro atoms. The van der Waals surface area contributed by atoms with Crippen LogP contribution in [0, 0.1) is 6.92 Å². The summed E-state index contributed by atoms with van der Waals surface area (Å²) in [7, 11) is 0. The van der Waals surface area contributed by atoms with Crippen molar-refractivity contribution in [3.05, 3.63) is 35.4 Å². The molecule has 0 aromatic heterocycles. The second kappa shape index (κ2) is 5.39. The molecule has 2 atom stereocenters. The van der Waals surface area contributed by atoms with E-state index < -0.39 is 5.60 Å². The van der Waals surface area contributed by atoms with Crippen molar-refractivity contribution >= 4 is 0 Å². The molecule has 1 aromatic rings. The number of hydrogen-bond donors (Lipinski definition) is 2. The summed E-state index contributed by atoms with van der Waals surface area (Å²) in [5.74, 6) is 0. The zero-order valence-electron chi connectivity index (χ0n) is 11.4. The van der Waals surface area contributed by atoms with E-state index in [4.69, 9.17) is 5.73 Å². The van der Waals surface area contributed by atoms with Crippen molar-refractivity contribution in [2.24, 2.45) is 5.73 Å². The molecular formula is C15H24N2O. The SMILES string of the molecule is Cc1cccc(C(CN)N2CCCC(C)(O)C2)c1. The van der Waals surface area contributed by atoms with Crippen molar-refractivity contribution in [2.75, 3.05) is 19.6 Å². The molecule has 1 saturated heterocycles. The van der Waals surface area contributed by atoms with Gasteiger partial charge in [-0.1, -0.05) is 29.8 Å². The number of nitrogens with two attached hydrogens (primary N) is 1. The van der Waals surface area contributed by atoms with Gasteiger partial charge in [0, 0.05) is 19.1 Å². The summed E-state index contributed by atoms with van der Waals surface area (Å²) in [4.78, 5) is 2.32. The lowest BCUT2D eigenvalue weighted by Crippen LogP contribution is -2.48. The van der Waals surface area contributed by atoms with Crippen LogP contribution in [0.1, 0.15) is 36.9 Å². The Bertz CT molecular complexity index is 403. The van der Waals surface area contributed by atoms with Gasteiger partial charge in [-0.15, -0.1) is 0 Å². The molecule has 3 heteroatoms. The number of benzene rings is 1. The number of β-amino-alcohol motifs (C(OH)–C–C–N with tert-alkyl or cyclic N) is 1. The average molecular weight is 248 g/mol. The molecule has 100 valence electrons. The Labute approximate surface area is 110 Å². The summed E-state index contributed by atoms with van der Waals surface area (Å²) in [5, 5.41) is 10.2. The monoisotopic (exact) mass is 248 g/mol. The summed E-state index contributed by atoms with van der Waals surface area (Å²) < 4.78 is 0. The minimum Gasteiger partial charge on any atom is -0.389 e. The third-order valence-corrected chi connectivity index (χ3v) is 3.80. The Morgan fingerprint density at radius 2 is 2.28 bits per heavy atom.